The third-order valence-electron chi connectivity index (χ3n) is 2.18. The number of pyridine rings is 2. The van der Waals surface area contributed by atoms with E-state index >= 15 is 0 Å². The highest BCUT2D eigenvalue weighted by Gasteiger charge is 2.04. The third-order valence-corrected chi connectivity index (χ3v) is 2.18. The number of aryl methyl sites for hydroxylation is 1. The molecule has 3 heteroatoms. The quantitative estimate of drug-likeness (QED) is 0.739. The minimum Gasteiger partial charge on any atom is -0.398 e. The van der Waals surface area contributed by atoms with E-state index in [4.69, 9.17) is 5.73 Å². The first-order valence-corrected chi connectivity index (χ1v) is 4.39. The number of aromatic nitrogens is 2. The first kappa shape index (κ1) is 8.69. The second-order valence-electron chi connectivity index (χ2n) is 3.15. The Morgan fingerprint density at radius 1 is 1.00 bits per heavy atom. The second-order valence-corrected chi connectivity index (χ2v) is 3.15. The molecule has 0 saturated heterocycles. The van der Waals surface area contributed by atoms with Crippen molar-refractivity contribution < 1.29 is 0 Å². The summed E-state index contributed by atoms with van der Waals surface area (Å²) in [5, 5.41) is 0. The standard InChI is InChI=1S/C11H11N3/c1-8-2-4-13-6-9(8)10-7-14-5-3-11(10)12/h2-7H,1H3,(H2,12,14). The van der Waals surface area contributed by atoms with Crippen LogP contribution in [0.2, 0.25) is 0 Å². The van der Waals surface area contributed by atoms with Crippen molar-refractivity contribution in [3.05, 3.63) is 42.5 Å². The van der Waals surface area contributed by atoms with Crippen molar-refractivity contribution in [2.45, 2.75) is 6.92 Å². The predicted molar refractivity (Wildman–Crippen MR) is 56.6 cm³/mol. The van der Waals surface area contributed by atoms with Crippen molar-refractivity contribution in [2.75, 3.05) is 5.73 Å². The van der Waals surface area contributed by atoms with Gasteiger partial charge in [-0.1, -0.05) is 0 Å². The van der Waals surface area contributed by atoms with Gasteiger partial charge < -0.3 is 5.73 Å². The van der Waals surface area contributed by atoms with E-state index in [0.29, 0.717) is 0 Å². The van der Waals surface area contributed by atoms with E-state index < -0.39 is 0 Å². The number of nitrogens with two attached hydrogens (primary N) is 1. The molecular formula is C11H11N3. The average molecular weight is 185 g/mol. The summed E-state index contributed by atoms with van der Waals surface area (Å²) in [6.07, 6.45) is 7.03. The number of hydrogen-bond donors (Lipinski definition) is 1. The van der Waals surface area contributed by atoms with Gasteiger partial charge in [-0.05, 0) is 24.6 Å². The highest BCUT2D eigenvalue weighted by atomic mass is 14.7. The van der Waals surface area contributed by atoms with Crippen LogP contribution in [0.1, 0.15) is 5.56 Å². The molecule has 0 amide bonds. The average Bonchev–Trinajstić information content (AvgIpc) is 2.20. The fourth-order valence-corrected chi connectivity index (χ4v) is 1.38. The van der Waals surface area contributed by atoms with E-state index in [-0.39, 0.29) is 0 Å². The first-order chi connectivity index (χ1) is 6.79. The van der Waals surface area contributed by atoms with Crippen molar-refractivity contribution >= 4 is 5.69 Å². The third kappa shape index (κ3) is 1.44. The van der Waals surface area contributed by atoms with Crippen LogP contribution < -0.4 is 5.73 Å². The zero-order chi connectivity index (χ0) is 9.97. The highest BCUT2D eigenvalue weighted by molar-refractivity contribution is 5.76. The van der Waals surface area contributed by atoms with E-state index in [0.717, 1.165) is 22.4 Å². The summed E-state index contributed by atoms with van der Waals surface area (Å²) in [5.74, 6) is 0. The van der Waals surface area contributed by atoms with E-state index in [9.17, 15) is 0 Å². The summed E-state index contributed by atoms with van der Waals surface area (Å²) < 4.78 is 0. The summed E-state index contributed by atoms with van der Waals surface area (Å²) >= 11 is 0. The normalized spacial score (nSPS) is 10.1. The minimum absolute atomic E-state index is 0.733. The monoisotopic (exact) mass is 185 g/mol. The molecule has 70 valence electrons. The Morgan fingerprint density at radius 2 is 1.64 bits per heavy atom. The first-order valence-electron chi connectivity index (χ1n) is 4.39. The number of nitrogen functional groups attached to an aromatic ring is 1. The fraction of sp³-hybridized carbons (Fsp3) is 0.0909. The molecule has 0 saturated carbocycles. The van der Waals surface area contributed by atoms with Crippen molar-refractivity contribution in [3.8, 4) is 11.1 Å². The summed E-state index contributed by atoms with van der Waals surface area (Å²) in [5.41, 5.74) is 9.72. The number of anilines is 1. The minimum atomic E-state index is 0.733. The Balaban J connectivity index is 2.61. The molecule has 0 atom stereocenters. The lowest BCUT2D eigenvalue weighted by Crippen LogP contribution is -1.92. The molecule has 0 aliphatic carbocycles. The SMILES string of the molecule is Cc1ccncc1-c1cnccc1N. The number of rotatable bonds is 1. The summed E-state index contributed by atoms with van der Waals surface area (Å²) in [6.45, 7) is 2.03. The maximum atomic E-state index is 5.85. The lowest BCUT2D eigenvalue weighted by molar-refractivity contribution is 1.27. The molecule has 0 radical (unpaired) electrons. The molecule has 0 unspecified atom stereocenters. The molecule has 0 aliphatic rings. The molecule has 2 aromatic rings. The van der Waals surface area contributed by atoms with Gasteiger partial charge in [-0.2, -0.15) is 0 Å². The largest absolute Gasteiger partial charge is 0.398 e. The Hall–Kier alpha value is -1.90. The molecule has 2 heterocycles. The molecule has 14 heavy (non-hydrogen) atoms. The molecule has 3 nitrogen and oxygen atoms in total. The summed E-state index contributed by atoms with van der Waals surface area (Å²) in [4.78, 5) is 8.13. The van der Waals surface area contributed by atoms with Crippen LogP contribution in [0.4, 0.5) is 5.69 Å². The van der Waals surface area contributed by atoms with Crippen LogP contribution in [0.5, 0.6) is 0 Å². The zero-order valence-electron chi connectivity index (χ0n) is 7.94. The topological polar surface area (TPSA) is 51.8 Å². The Kier molecular flexibility index (Phi) is 2.14. The van der Waals surface area contributed by atoms with E-state index in [1.165, 1.54) is 0 Å². The van der Waals surface area contributed by atoms with Crippen LogP contribution in [0.3, 0.4) is 0 Å². The molecule has 0 fully saturated rings. The van der Waals surface area contributed by atoms with Gasteiger partial charge in [-0.3, -0.25) is 9.97 Å². The Morgan fingerprint density at radius 3 is 2.29 bits per heavy atom. The lowest BCUT2D eigenvalue weighted by atomic mass is 10.0. The van der Waals surface area contributed by atoms with Gasteiger partial charge in [-0.15, -0.1) is 0 Å². The van der Waals surface area contributed by atoms with Gasteiger partial charge in [0.1, 0.15) is 0 Å². The van der Waals surface area contributed by atoms with Crippen LogP contribution in [0.25, 0.3) is 11.1 Å². The number of hydrogen-bond acceptors (Lipinski definition) is 3. The summed E-state index contributed by atoms with van der Waals surface area (Å²) in [6, 6.07) is 3.75. The maximum Gasteiger partial charge on any atom is 0.0425 e. The molecule has 2 rings (SSSR count). The van der Waals surface area contributed by atoms with Gasteiger partial charge in [-0.25, -0.2) is 0 Å². The van der Waals surface area contributed by atoms with Crippen molar-refractivity contribution in [1.29, 1.82) is 0 Å². The van der Waals surface area contributed by atoms with E-state index in [1.54, 1.807) is 24.7 Å². The molecule has 2 N–H and O–H groups in total. The van der Waals surface area contributed by atoms with Crippen LogP contribution in [0.15, 0.2) is 36.9 Å². The second kappa shape index (κ2) is 3.46. The van der Waals surface area contributed by atoms with Gasteiger partial charge >= 0.3 is 0 Å². The fourth-order valence-electron chi connectivity index (χ4n) is 1.38. The van der Waals surface area contributed by atoms with Gasteiger partial charge in [0.15, 0.2) is 0 Å². The molecule has 0 spiro atoms. The molecular weight excluding hydrogens is 174 g/mol. The molecule has 0 bridgehead atoms. The molecule has 0 aromatic carbocycles. The highest BCUT2D eigenvalue weighted by Crippen LogP contribution is 2.26. The zero-order valence-corrected chi connectivity index (χ0v) is 7.94. The van der Waals surface area contributed by atoms with E-state index in [2.05, 4.69) is 9.97 Å². The van der Waals surface area contributed by atoms with Crippen LogP contribution >= 0.6 is 0 Å². The van der Waals surface area contributed by atoms with Crippen molar-refractivity contribution in [2.24, 2.45) is 0 Å². The lowest BCUT2D eigenvalue weighted by Gasteiger charge is -2.06. The Bertz CT molecular complexity index is 408. The van der Waals surface area contributed by atoms with Crippen LogP contribution in [-0.2, 0) is 0 Å². The number of nitrogens with zero attached hydrogens (tertiary/aromatic N) is 2. The van der Waals surface area contributed by atoms with Crippen LogP contribution in [0, 0.1) is 6.92 Å². The molecule has 2 aromatic heterocycles. The van der Waals surface area contributed by atoms with Gasteiger partial charge in [0.2, 0.25) is 0 Å². The smallest absolute Gasteiger partial charge is 0.0425 e. The van der Waals surface area contributed by atoms with Crippen molar-refractivity contribution in [3.63, 3.8) is 0 Å². The Labute approximate surface area is 82.6 Å². The predicted octanol–water partition coefficient (Wildman–Crippen LogP) is 2.03. The summed E-state index contributed by atoms with van der Waals surface area (Å²) in [7, 11) is 0. The van der Waals surface area contributed by atoms with Gasteiger partial charge in [0, 0.05) is 41.6 Å². The van der Waals surface area contributed by atoms with Gasteiger partial charge in [0.25, 0.3) is 0 Å². The molecule has 0 aliphatic heterocycles. The van der Waals surface area contributed by atoms with Crippen molar-refractivity contribution in [1.82, 2.24) is 9.97 Å². The maximum absolute atomic E-state index is 5.85. The van der Waals surface area contributed by atoms with E-state index in [1.807, 2.05) is 19.2 Å². The van der Waals surface area contributed by atoms with Gasteiger partial charge in [0.05, 0.1) is 0 Å². The van der Waals surface area contributed by atoms with Crippen LogP contribution in [-0.4, -0.2) is 9.97 Å².